The molecule has 0 fully saturated rings. The van der Waals surface area contributed by atoms with Crippen LogP contribution in [0, 0.1) is 0 Å². The number of benzene rings is 1. The average molecular weight is 235 g/mol. The first kappa shape index (κ1) is 10.7. The van der Waals surface area contributed by atoms with Crippen LogP contribution in [0.3, 0.4) is 0 Å². The molecule has 0 unspecified atom stereocenters. The van der Waals surface area contributed by atoms with Crippen molar-refractivity contribution in [1.82, 2.24) is 15.2 Å². The molecule has 1 aromatic heterocycles. The van der Waals surface area contributed by atoms with Gasteiger partial charge in [-0.3, -0.25) is 5.10 Å². The number of rotatable bonds is 3. The Bertz CT molecular complexity index is 524. The van der Waals surface area contributed by atoms with E-state index in [0.29, 0.717) is 16.5 Å². The first-order valence-corrected chi connectivity index (χ1v) is 5.73. The Morgan fingerprint density at radius 1 is 1.50 bits per heavy atom. The number of aromatic carboxylic acids is 1. The van der Waals surface area contributed by atoms with Crippen molar-refractivity contribution in [3.8, 4) is 11.4 Å². The summed E-state index contributed by atoms with van der Waals surface area (Å²) in [6.07, 6.45) is 1.88. The lowest BCUT2D eigenvalue weighted by atomic mass is 10.1. The van der Waals surface area contributed by atoms with Crippen LogP contribution in [0.5, 0.6) is 0 Å². The Morgan fingerprint density at radius 2 is 2.31 bits per heavy atom. The number of hydrogen-bond acceptors (Lipinski definition) is 4. The molecule has 0 atom stereocenters. The van der Waals surface area contributed by atoms with Gasteiger partial charge in [0, 0.05) is 5.56 Å². The molecule has 16 heavy (non-hydrogen) atoms. The highest BCUT2D eigenvalue weighted by atomic mass is 32.2. The minimum atomic E-state index is -0.952. The second kappa shape index (κ2) is 4.36. The second-order valence-electron chi connectivity index (χ2n) is 3.06. The van der Waals surface area contributed by atoms with Gasteiger partial charge in [-0.15, -0.1) is 5.10 Å². The molecule has 2 N–H and O–H groups in total. The van der Waals surface area contributed by atoms with E-state index in [9.17, 15) is 4.79 Å². The average Bonchev–Trinajstić information content (AvgIpc) is 2.77. The zero-order valence-corrected chi connectivity index (χ0v) is 9.28. The van der Waals surface area contributed by atoms with E-state index in [1.165, 1.54) is 17.8 Å². The van der Waals surface area contributed by atoms with Crippen molar-refractivity contribution in [3.05, 3.63) is 29.8 Å². The number of aromatic nitrogens is 3. The molecule has 2 rings (SSSR count). The quantitative estimate of drug-likeness (QED) is 0.794. The first-order valence-electron chi connectivity index (χ1n) is 4.51. The monoisotopic (exact) mass is 235 g/mol. The van der Waals surface area contributed by atoms with Gasteiger partial charge in [0.05, 0.1) is 5.56 Å². The third kappa shape index (κ3) is 2.06. The van der Waals surface area contributed by atoms with Crippen molar-refractivity contribution >= 4 is 17.7 Å². The van der Waals surface area contributed by atoms with E-state index in [-0.39, 0.29) is 5.56 Å². The minimum Gasteiger partial charge on any atom is -0.478 e. The predicted octanol–water partition coefficient (Wildman–Crippen LogP) is 1.89. The molecule has 0 aliphatic heterocycles. The molecule has 1 aromatic carbocycles. The third-order valence-electron chi connectivity index (χ3n) is 2.03. The molecular formula is C10H9N3O2S. The maximum absolute atomic E-state index is 10.8. The number of carbonyl (C=O) groups is 1. The van der Waals surface area contributed by atoms with E-state index in [1.807, 2.05) is 6.26 Å². The lowest BCUT2D eigenvalue weighted by molar-refractivity contribution is 0.0697. The molecule has 0 amide bonds. The number of nitrogens with one attached hydrogen (secondary N) is 1. The van der Waals surface area contributed by atoms with E-state index in [1.54, 1.807) is 18.2 Å². The smallest absolute Gasteiger partial charge is 0.335 e. The molecular weight excluding hydrogens is 226 g/mol. The van der Waals surface area contributed by atoms with E-state index < -0.39 is 5.97 Å². The number of thioether (sulfide) groups is 1. The third-order valence-corrected chi connectivity index (χ3v) is 2.58. The van der Waals surface area contributed by atoms with Crippen LogP contribution in [-0.4, -0.2) is 32.5 Å². The zero-order valence-electron chi connectivity index (χ0n) is 8.47. The summed E-state index contributed by atoms with van der Waals surface area (Å²) >= 11 is 1.43. The fraction of sp³-hybridized carbons (Fsp3) is 0.100. The van der Waals surface area contributed by atoms with Crippen LogP contribution in [-0.2, 0) is 0 Å². The number of hydrogen-bond donors (Lipinski definition) is 2. The molecule has 0 saturated heterocycles. The fourth-order valence-electron chi connectivity index (χ4n) is 1.27. The molecule has 0 aliphatic carbocycles. The lowest BCUT2D eigenvalue weighted by Gasteiger charge is -1.97. The number of aromatic amines is 1. The van der Waals surface area contributed by atoms with E-state index in [0.717, 1.165) is 0 Å². The van der Waals surface area contributed by atoms with Gasteiger partial charge in [0.2, 0.25) is 5.16 Å². The summed E-state index contributed by atoms with van der Waals surface area (Å²) in [4.78, 5) is 15.0. The second-order valence-corrected chi connectivity index (χ2v) is 3.83. The van der Waals surface area contributed by atoms with Gasteiger partial charge in [0.25, 0.3) is 0 Å². The summed E-state index contributed by atoms with van der Waals surface area (Å²) in [5.41, 5.74) is 0.951. The Balaban J connectivity index is 2.40. The highest BCUT2D eigenvalue weighted by Crippen LogP contribution is 2.18. The minimum absolute atomic E-state index is 0.236. The molecule has 5 nitrogen and oxygen atoms in total. The maximum atomic E-state index is 10.8. The van der Waals surface area contributed by atoms with Gasteiger partial charge < -0.3 is 5.11 Å². The standard InChI is InChI=1S/C10H9N3O2S/c1-16-10-11-8(12-13-10)6-3-2-4-7(5-6)9(14)15/h2-5H,1H3,(H,14,15)(H,11,12,13). The predicted molar refractivity (Wildman–Crippen MR) is 60.6 cm³/mol. The molecule has 82 valence electrons. The molecule has 0 bridgehead atoms. The summed E-state index contributed by atoms with van der Waals surface area (Å²) in [7, 11) is 0. The van der Waals surface area contributed by atoms with Gasteiger partial charge in [-0.25, -0.2) is 9.78 Å². The molecule has 1 heterocycles. The van der Waals surface area contributed by atoms with Crippen LogP contribution < -0.4 is 0 Å². The SMILES string of the molecule is CSc1n[nH]c(-c2cccc(C(=O)O)c2)n1. The summed E-state index contributed by atoms with van der Waals surface area (Å²) < 4.78 is 0. The van der Waals surface area contributed by atoms with Crippen molar-refractivity contribution in [1.29, 1.82) is 0 Å². The number of carboxylic acid groups (broad SMARTS) is 1. The summed E-state index contributed by atoms with van der Waals surface area (Å²) in [6, 6.07) is 6.57. The number of carboxylic acids is 1. The summed E-state index contributed by atoms with van der Waals surface area (Å²) in [5, 5.41) is 16.2. The van der Waals surface area contributed by atoms with Gasteiger partial charge in [-0.1, -0.05) is 23.9 Å². The maximum Gasteiger partial charge on any atom is 0.335 e. The molecule has 6 heteroatoms. The van der Waals surface area contributed by atoms with Gasteiger partial charge in [0.1, 0.15) is 0 Å². The number of nitrogens with zero attached hydrogens (tertiary/aromatic N) is 2. The van der Waals surface area contributed by atoms with Crippen LogP contribution in [0.1, 0.15) is 10.4 Å². The normalized spacial score (nSPS) is 10.3. The molecule has 0 saturated carbocycles. The molecule has 2 aromatic rings. The van der Waals surface area contributed by atoms with Crippen LogP contribution >= 0.6 is 11.8 Å². The van der Waals surface area contributed by atoms with Gasteiger partial charge in [-0.2, -0.15) is 0 Å². The highest BCUT2D eigenvalue weighted by molar-refractivity contribution is 7.98. The van der Waals surface area contributed by atoms with Crippen molar-refractivity contribution in [3.63, 3.8) is 0 Å². The van der Waals surface area contributed by atoms with Crippen LogP contribution in [0.2, 0.25) is 0 Å². The van der Waals surface area contributed by atoms with E-state index in [4.69, 9.17) is 5.11 Å². The fourth-order valence-corrected chi connectivity index (χ4v) is 1.59. The molecule has 0 spiro atoms. The van der Waals surface area contributed by atoms with Crippen LogP contribution in [0.25, 0.3) is 11.4 Å². The highest BCUT2D eigenvalue weighted by Gasteiger charge is 2.08. The van der Waals surface area contributed by atoms with Gasteiger partial charge >= 0.3 is 5.97 Å². The van der Waals surface area contributed by atoms with Crippen LogP contribution in [0.4, 0.5) is 0 Å². The Labute approximate surface area is 95.9 Å². The van der Waals surface area contributed by atoms with Crippen molar-refractivity contribution in [2.24, 2.45) is 0 Å². The summed E-state index contributed by atoms with van der Waals surface area (Å²) in [5.74, 6) is -0.376. The van der Waals surface area contributed by atoms with Crippen molar-refractivity contribution in [2.75, 3.05) is 6.26 Å². The molecule has 0 aliphatic rings. The van der Waals surface area contributed by atoms with Crippen molar-refractivity contribution in [2.45, 2.75) is 5.16 Å². The molecule has 0 radical (unpaired) electrons. The van der Waals surface area contributed by atoms with E-state index >= 15 is 0 Å². The number of H-pyrrole nitrogens is 1. The van der Waals surface area contributed by atoms with Gasteiger partial charge in [-0.05, 0) is 18.4 Å². The first-order chi connectivity index (χ1) is 7.70. The Morgan fingerprint density at radius 3 is 2.94 bits per heavy atom. The lowest BCUT2D eigenvalue weighted by Crippen LogP contribution is -1.96. The largest absolute Gasteiger partial charge is 0.478 e. The van der Waals surface area contributed by atoms with Crippen molar-refractivity contribution < 1.29 is 9.90 Å². The van der Waals surface area contributed by atoms with Crippen LogP contribution in [0.15, 0.2) is 29.4 Å². The van der Waals surface area contributed by atoms with E-state index in [2.05, 4.69) is 15.2 Å². The summed E-state index contributed by atoms with van der Waals surface area (Å²) in [6.45, 7) is 0. The zero-order chi connectivity index (χ0) is 11.5. The Hall–Kier alpha value is -1.82. The van der Waals surface area contributed by atoms with Gasteiger partial charge in [0.15, 0.2) is 5.82 Å². The topological polar surface area (TPSA) is 78.9 Å². The Kier molecular flexibility index (Phi) is 2.91.